The number of ether oxygens (including phenoxy) is 2. The molecule has 0 fully saturated rings. The van der Waals surface area contributed by atoms with Gasteiger partial charge in [-0.3, -0.25) is 14.9 Å². The number of carbonyl (C=O) groups excluding carboxylic acids is 2. The topological polar surface area (TPSA) is 88.7 Å². The van der Waals surface area contributed by atoms with Crippen LogP contribution >= 0.6 is 12.2 Å². The van der Waals surface area contributed by atoms with Crippen molar-refractivity contribution < 1.29 is 19.1 Å². The first kappa shape index (κ1) is 23.9. The minimum atomic E-state index is -0.405. The Bertz CT molecular complexity index is 1110. The maximum Gasteiger partial charge on any atom is 0.261 e. The molecule has 8 heteroatoms. The number of carbonyl (C=O) groups is 2. The fourth-order valence-corrected chi connectivity index (χ4v) is 3.14. The summed E-state index contributed by atoms with van der Waals surface area (Å²) in [5.74, 6) is -0.215. The van der Waals surface area contributed by atoms with Crippen molar-refractivity contribution in [2.24, 2.45) is 0 Å². The number of hydrogen-bond acceptors (Lipinski definition) is 5. The van der Waals surface area contributed by atoms with E-state index in [9.17, 15) is 9.59 Å². The van der Waals surface area contributed by atoms with E-state index in [1.54, 1.807) is 48.5 Å². The summed E-state index contributed by atoms with van der Waals surface area (Å²) in [5.41, 5.74) is 2.08. The highest BCUT2D eigenvalue weighted by atomic mass is 32.1. The molecule has 0 aliphatic rings. The summed E-state index contributed by atoms with van der Waals surface area (Å²) in [4.78, 5) is 25.2. The third kappa shape index (κ3) is 7.41. The number of anilines is 2. The molecule has 7 nitrogen and oxygen atoms in total. The summed E-state index contributed by atoms with van der Waals surface area (Å²) in [6.07, 6.45) is 0. The number of hydrogen-bond donors (Lipinski definition) is 3. The molecule has 2 amide bonds. The summed E-state index contributed by atoms with van der Waals surface area (Å²) in [7, 11) is 0. The SMILES string of the molecule is CCOCCOc1ccccc1C(=O)NC(=S)Nc1cccc(C(=O)Nc2ccccc2)c1. The Kier molecular flexibility index (Phi) is 8.93. The lowest BCUT2D eigenvalue weighted by atomic mass is 10.2. The third-order valence-corrected chi connectivity index (χ3v) is 4.67. The fourth-order valence-electron chi connectivity index (χ4n) is 2.93. The van der Waals surface area contributed by atoms with Crippen LogP contribution in [-0.2, 0) is 4.74 Å². The van der Waals surface area contributed by atoms with Gasteiger partial charge in [-0.2, -0.15) is 0 Å². The van der Waals surface area contributed by atoms with Gasteiger partial charge in [0.05, 0.1) is 12.2 Å². The van der Waals surface area contributed by atoms with Gasteiger partial charge in [0.25, 0.3) is 11.8 Å². The van der Waals surface area contributed by atoms with E-state index in [0.29, 0.717) is 48.1 Å². The smallest absolute Gasteiger partial charge is 0.261 e. The van der Waals surface area contributed by atoms with Crippen LogP contribution in [0.15, 0.2) is 78.9 Å². The molecule has 0 aliphatic heterocycles. The van der Waals surface area contributed by atoms with Crippen LogP contribution in [0.5, 0.6) is 5.75 Å². The lowest BCUT2D eigenvalue weighted by Crippen LogP contribution is -2.34. The van der Waals surface area contributed by atoms with Crippen molar-refractivity contribution in [2.75, 3.05) is 30.5 Å². The highest BCUT2D eigenvalue weighted by molar-refractivity contribution is 7.80. The molecule has 3 rings (SSSR count). The summed E-state index contributed by atoms with van der Waals surface area (Å²) in [6.45, 7) is 3.26. The number of rotatable bonds is 9. The van der Waals surface area contributed by atoms with Crippen molar-refractivity contribution in [1.82, 2.24) is 5.32 Å². The van der Waals surface area contributed by atoms with Crippen LogP contribution in [0.4, 0.5) is 11.4 Å². The van der Waals surface area contributed by atoms with E-state index in [0.717, 1.165) is 0 Å². The molecule has 0 saturated heterocycles. The van der Waals surface area contributed by atoms with Crippen molar-refractivity contribution in [3.8, 4) is 5.75 Å². The lowest BCUT2D eigenvalue weighted by molar-refractivity contribution is 0.0958. The standard InChI is InChI=1S/C25H25N3O4S/c1-2-31-15-16-32-22-14-7-6-13-21(22)24(30)28-25(33)27-20-12-8-9-18(17-20)23(29)26-19-10-4-3-5-11-19/h3-14,17H,2,15-16H2,1H3,(H,26,29)(H2,27,28,30,33). The Morgan fingerprint density at radius 1 is 0.818 bits per heavy atom. The number of amides is 2. The van der Waals surface area contributed by atoms with E-state index in [2.05, 4.69) is 16.0 Å². The van der Waals surface area contributed by atoms with Crippen LogP contribution in [0, 0.1) is 0 Å². The van der Waals surface area contributed by atoms with E-state index in [1.807, 2.05) is 37.3 Å². The molecule has 0 spiro atoms. The summed E-state index contributed by atoms with van der Waals surface area (Å²) < 4.78 is 10.9. The van der Waals surface area contributed by atoms with Gasteiger partial charge in [-0.1, -0.05) is 36.4 Å². The van der Waals surface area contributed by atoms with Gasteiger partial charge in [-0.15, -0.1) is 0 Å². The van der Waals surface area contributed by atoms with Gasteiger partial charge >= 0.3 is 0 Å². The van der Waals surface area contributed by atoms with Crippen molar-refractivity contribution in [1.29, 1.82) is 0 Å². The number of benzene rings is 3. The second kappa shape index (κ2) is 12.3. The van der Waals surface area contributed by atoms with Crippen LogP contribution in [-0.4, -0.2) is 36.7 Å². The molecule has 0 radical (unpaired) electrons. The van der Waals surface area contributed by atoms with E-state index < -0.39 is 5.91 Å². The van der Waals surface area contributed by atoms with E-state index in [1.165, 1.54) is 0 Å². The predicted molar refractivity (Wildman–Crippen MR) is 133 cm³/mol. The quantitative estimate of drug-likeness (QED) is 0.320. The number of nitrogens with one attached hydrogen (secondary N) is 3. The summed E-state index contributed by atoms with van der Waals surface area (Å²) >= 11 is 5.29. The average molecular weight is 464 g/mol. The zero-order valence-corrected chi connectivity index (χ0v) is 19.0. The lowest BCUT2D eigenvalue weighted by Gasteiger charge is -2.13. The molecule has 0 bridgehead atoms. The molecule has 0 atom stereocenters. The highest BCUT2D eigenvalue weighted by Crippen LogP contribution is 2.18. The average Bonchev–Trinajstić information content (AvgIpc) is 2.83. The van der Waals surface area contributed by atoms with Gasteiger partial charge in [0, 0.05) is 23.5 Å². The molecular formula is C25H25N3O4S. The number of thiocarbonyl (C=S) groups is 1. The van der Waals surface area contributed by atoms with Crippen LogP contribution < -0.4 is 20.7 Å². The maximum atomic E-state index is 12.7. The Labute approximate surface area is 198 Å². The Morgan fingerprint density at radius 2 is 1.55 bits per heavy atom. The zero-order valence-electron chi connectivity index (χ0n) is 18.2. The minimum absolute atomic E-state index is 0.102. The van der Waals surface area contributed by atoms with Crippen LogP contribution in [0.1, 0.15) is 27.6 Å². The molecule has 0 heterocycles. The molecule has 0 unspecified atom stereocenters. The van der Waals surface area contributed by atoms with Gasteiger partial charge in [0.15, 0.2) is 5.11 Å². The Hall–Kier alpha value is -3.75. The molecular weight excluding hydrogens is 438 g/mol. The monoisotopic (exact) mass is 463 g/mol. The fraction of sp³-hybridized carbons (Fsp3) is 0.160. The molecule has 0 aliphatic carbocycles. The summed E-state index contributed by atoms with van der Waals surface area (Å²) in [5, 5.41) is 8.52. The van der Waals surface area contributed by atoms with Crippen molar-refractivity contribution in [3.63, 3.8) is 0 Å². The number of para-hydroxylation sites is 2. The van der Waals surface area contributed by atoms with Gasteiger partial charge in [-0.05, 0) is 61.6 Å². The highest BCUT2D eigenvalue weighted by Gasteiger charge is 2.14. The van der Waals surface area contributed by atoms with Gasteiger partial charge in [0.1, 0.15) is 12.4 Å². The second-order valence-electron chi connectivity index (χ2n) is 6.85. The third-order valence-electron chi connectivity index (χ3n) is 4.46. The molecule has 0 saturated carbocycles. The zero-order chi connectivity index (χ0) is 23.5. The van der Waals surface area contributed by atoms with Gasteiger partial charge in [-0.25, -0.2) is 0 Å². The van der Waals surface area contributed by atoms with Crippen LogP contribution in [0.2, 0.25) is 0 Å². The molecule has 3 aromatic carbocycles. The first-order valence-electron chi connectivity index (χ1n) is 10.4. The van der Waals surface area contributed by atoms with Crippen LogP contribution in [0.3, 0.4) is 0 Å². The molecule has 170 valence electrons. The first-order chi connectivity index (χ1) is 16.1. The largest absolute Gasteiger partial charge is 0.490 e. The first-order valence-corrected chi connectivity index (χ1v) is 10.9. The second-order valence-corrected chi connectivity index (χ2v) is 7.26. The van der Waals surface area contributed by atoms with E-state index in [4.69, 9.17) is 21.7 Å². The van der Waals surface area contributed by atoms with Crippen molar-refractivity contribution >= 4 is 40.5 Å². The molecule has 3 aromatic rings. The molecule has 0 aromatic heterocycles. The summed E-state index contributed by atoms with van der Waals surface area (Å²) in [6, 6.07) is 22.9. The normalized spacial score (nSPS) is 10.2. The minimum Gasteiger partial charge on any atom is -0.490 e. The maximum absolute atomic E-state index is 12.7. The van der Waals surface area contributed by atoms with E-state index in [-0.39, 0.29) is 11.0 Å². The van der Waals surface area contributed by atoms with Crippen molar-refractivity contribution in [2.45, 2.75) is 6.92 Å². The van der Waals surface area contributed by atoms with Gasteiger partial charge < -0.3 is 20.1 Å². The predicted octanol–water partition coefficient (Wildman–Crippen LogP) is 4.48. The van der Waals surface area contributed by atoms with Gasteiger partial charge in [0.2, 0.25) is 0 Å². The molecule has 3 N–H and O–H groups in total. The van der Waals surface area contributed by atoms with Crippen LogP contribution in [0.25, 0.3) is 0 Å². The Balaban J connectivity index is 1.59. The van der Waals surface area contributed by atoms with Crippen molar-refractivity contribution in [3.05, 3.63) is 90.0 Å². The molecule has 33 heavy (non-hydrogen) atoms. The van der Waals surface area contributed by atoms with E-state index >= 15 is 0 Å². The Morgan fingerprint density at radius 3 is 2.33 bits per heavy atom.